The number of methoxy groups -OCH3 is 4. The van der Waals surface area contributed by atoms with E-state index in [0.717, 1.165) is 0 Å². The van der Waals surface area contributed by atoms with Gasteiger partial charge >= 0.3 is 12.1 Å². The van der Waals surface area contributed by atoms with Crippen molar-refractivity contribution in [2.75, 3.05) is 71.9 Å². The van der Waals surface area contributed by atoms with Gasteiger partial charge < -0.3 is 48.8 Å². The zero-order valence-corrected chi connectivity index (χ0v) is 26.3. The van der Waals surface area contributed by atoms with E-state index in [4.69, 9.17) is 35.3 Å². The number of anilines is 1. The molecular formula is C31H34ClN5O8. The van der Waals surface area contributed by atoms with Gasteiger partial charge in [-0.2, -0.15) is 0 Å². The summed E-state index contributed by atoms with van der Waals surface area (Å²) in [6.07, 6.45) is -0.528. The molecule has 2 aliphatic heterocycles. The summed E-state index contributed by atoms with van der Waals surface area (Å²) in [5.41, 5.74) is 3.29. The van der Waals surface area contributed by atoms with Crippen molar-refractivity contribution in [3.05, 3.63) is 40.7 Å². The van der Waals surface area contributed by atoms with E-state index in [1.807, 2.05) is 0 Å². The van der Waals surface area contributed by atoms with E-state index in [1.54, 1.807) is 34.9 Å². The van der Waals surface area contributed by atoms with Crippen LogP contribution in [0.15, 0.2) is 18.2 Å². The van der Waals surface area contributed by atoms with Crippen molar-refractivity contribution in [2.24, 2.45) is 0 Å². The lowest BCUT2D eigenvalue weighted by atomic mass is 9.95. The van der Waals surface area contributed by atoms with Crippen LogP contribution >= 0.6 is 11.6 Å². The van der Waals surface area contributed by atoms with Gasteiger partial charge in [-0.05, 0) is 24.6 Å². The number of carbonyl (C=O) groups is 3. The Kier molecular flexibility index (Phi) is 8.14. The molecule has 0 aliphatic carbocycles. The number of carbonyl (C=O) groups excluding carboxylic acids is 3. The monoisotopic (exact) mass is 639 g/mol. The molecule has 2 aromatic heterocycles. The highest BCUT2D eigenvalue weighted by molar-refractivity contribution is 6.20. The van der Waals surface area contributed by atoms with Gasteiger partial charge in [0.2, 0.25) is 5.75 Å². The summed E-state index contributed by atoms with van der Waals surface area (Å²) < 4.78 is 27.7. The van der Waals surface area contributed by atoms with Crippen molar-refractivity contribution in [1.82, 2.24) is 20.2 Å². The Balaban J connectivity index is 1.51. The van der Waals surface area contributed by atoms with E-state index in [-0.39, 0.29) is 35.7 Å². The number of H-pyrrole nitrogens is 2. The molecule has 3 N–H and O–H groups in total. The van der Waals surface area contributed by atoms with Crippen molar-refractivity contribution < 1.29 is 38.1 Å². The molecule has 238 valence electrons. The van der Waals surface area contributed by atoms with Gasteiger partial charge in [0.05, 0.1) is 50.7 Å². The first-order chi connectivity index (χ1) is 21.8. The van der Waals surface area contributed by atoms with Gasteiger partial charge in [-0.15, -0.1) is 11.6 Å². The normalized spacial score (nSPS) is 16.2. The molecule has 1 atom stereocenters. The second kappa shape index (κ2) is 12.1. The van der Waals surface area contributed by atoms with Crippen molar-refractivity contribution in [1.29, 1.82) is 0 Å². The van der Waals surface area contributed by atoms with Crippen molar-refractivity contribution in [3.63, 3.8) is 0 Å². The van der Waals surface area contributed by atoms with E-state index in [1.165, 1.54) is 28.4 Å². The lowest BCUT2D eigenvalue weighted by molar-refractivity contribution is 0.0602. The molecule has 2 amide bonds. The number of hydrogen-bond acceptors (Lipinski definition) is 9. The summed E-state index contributed by atoms with van der Waals surface area (Å²) in [6, 6.07) is 5.13. The highest BCUT2D eigenvalue weighted by atomic mass is 35.5. The topological polar surface area (TPSA) is 147 Å². The van der Waals surface area contributed by atoms with Gasteiger partial charge in [-0.25, -0.2) is 9.59 Å². The molecule has 1 fully saturated rings. The largest absolute Gasteiger partial charge is 0.493 e. The van der Waals surface area contributed by atoms with Crippen LogP contribution in [0.25, 0.3) is 21.8 Å². The van der Waals surface area contributed by atoms with Gasteiger partial charge in [-0.3, -0.25) is 4.79 Å². The van der Waals surface area contributed by atoms with Crippen LogP contribution in [0.4, 0.5) is 10.5 Å². The van der Waals surface area contributed by atoms with Crippen molar-refractivity contribution in [3.8, 4) is 23.0 Å². The van der Waals surface area contributed by atoms with Crippen LogP contribution in [0.3, 0.4) is 0 Å². The standard InChI is InChI=1S/C31H34ClN5O8/c1-15-22(30(39)44-5)24-23-17(13-32)14-37(19(23)12-20(26(24)34-15)45-31(40)36-8-6-33-7-9-36)29(38)18-10-16-11-21(41-2)27(42-3)28(43-4)25(16)35-18/h10-12,17,33-35H,6-9,13-14H2,1-5H3/t17-/m1/s1. The first kappa shape index (κ1) is 30.4. The minimum atomic E-state index is -0.560. The Labute approximate surface area is 263 Å². The number of ether oxygens (including phenoxy) is 5. The maximum absolute atomic E-state index is 14.3. The Bertz CT molecular complexity index is 1830. The predicted molar refractivity (Wildman–Crippen MR) is 168 cm³/mol. The number of amides is 2. The number of piperazine rings is 1. The molecular weight excluding hydrogens is 606 g/mol. The van der Waals surface area contributed by atoms with Gasteiger partial charge in [0.25, 0.3) is 5.91 Å². The number of nitrogens with one attached hydrogen (secondary N) is 3. The fourth-order valence-corrected chi connectivity index (χ4v) is 6.55. The van der Waals surface area contributed by atoms with Gasteiger partial charge in [0, 0.05) is 67.1 Å². The number of hydrogen-bond donors (Lipinski definition) is 3. The maximum Gasteiger partial charge on any atom is 0.415 e. The van der Waals surface area contributed by atoms with E-state index in [0.29, 0.717) is 87.7 Å². The van der Waals surface area contributed by atoms with Crippen LogP contribution in [-0.2, 0) is 4.74 Å². The lowest BCUT2D eigenvalue weighted by Crippen LogP contribution is -2.47. The van der Waals surface area contributed by atoms with Crippen molar-refractivity contribution in [2.45, 2.75) is 12.8 Å². The number of esters is 1. The molecule has 6 rings (SSSR count). The number of aromatic amines is 2. The summed E-state index contributed by atoms with van der Waals surface area (Å²) in [7, 11) is 5.84. The average Bonchev–Trinajstić information content (AvgIpc) is 3.76. The number of benzene rings is 2. The minimum Gasteiger partial charge on any atom is -0.493 e. The highest BCUT2D eigenvalue weighted by Crippen LogP contribution is 2.48. The Morgan fingerprint density at radius 1 is 0.933 bits per heavy atom. The van der Waals surface area contributed by atoms with Crippen LogP contribution in [0.5, 0.6) is 23.0 Å². The fraction of sp³-hybridized carbons (Fsp3) is 0.387. The third-order valence-electron chi connectivity index (χ3n) is 8.39. The maximum atomic E-state index is 14.3. The molecule has 2 aromatic carbocycles. The molecule has 45 heavy (non-hydrogen) atoms. The van der Waals surface area contributed by atoms with E-state index in [9.17, 15) is 14.4 Å². The lowest BCUT2D eigenvalue weighted by Gasteiger charge is -2.26. The quantitative estimate of drug-likeness (QED) is 0.200. The summed E-state index contributed by atoms with van der Waals surface area (Å²) in [5, 5.41) is 4.40. The first-order valence-corrected chi connectivity index (χ1v) is 14.9. The van der Waals surface area contributed by atoms with Crippen LogP contribution in [0, 0.1) is 6.92 Å². The number of alkyl halides is 1. The Hall–Kier alpha value is -4.62. The summed E-state index contributed by atoms with van der Waals surface area (Å²) >= 11 is 6.51. The summed E-state index contributed by atoms with van der Waals surface area (Å²) in [6.45, 7) is 4.25. The molecule has 0 bridgehead atoms. The third kappa shape index (κ3) is 4.95. The SMILES string of the molecule is COC(=O)c1c(C)[nH]c2c(OC(=O)N3CCNCC3)cc3c(c12)[C@H](CCl)CN3C(=O)c1cc2cc(OC)c(OC)c(OC)c2[nH]1. The molecule has 0 saturated carbocycles. The molecule has 4 heterocycles. The summed E-state index contributed by atoms with van der Waals surface area (Å²) in [5.74, 6) is 0.339. The predicted octanol–water partition coefficient (Wildman–Crippen LogP) is 4.16. The van der Waals surface area contributed by atoms with E-state index in [2.05, 4.69) is 15.3 Å². The number of fused-ring (bicyclic) bond motifs is 4. The smallest absolute Gasteiger partial charge is 0.415 e. The zero-order valence-electron chi connectivity index (χ0n) is 25.6. The zero-order chi connectivity index (χ0) is 32.0. The number of rotatable bonds is 7. The average molecular weight is 640 g/mol. The van der Waals surface area contributed by atoms with Crippen LogP contribution in [0.1, 0.15) is 38.0 Å². The molecule has 13 nitrogen and oxygen atoms in total. The van der Waals surface area contributed by atoms with Gasteiger partial charge in [-0.1, -0.05) is 0 Å². The molecule has 0 spiro atoms. The first-order valence-electron chi connectivity index (χ1n) is 14.4. The Morgan fingerprint density at radius 2 is 1.67 bits per heavy atom. The fourth-order valence-electron chi connectivity index (χ4n) is 6.29. The van der Waals surface area contributed by atoms with Crippen LogP contribution in [-0.4, -0.2) is 99.9 Å². The van der Waals surface area contributed by atoms with Crippen molar-refractivity contribution >= 4 is 57.1 Å². The molecule has 0 unspecified atom stereocenters. The second-order valence-electron chi connectivity index (χ2n) is 10.8. The van der Waals surface area contributed by atoms with Crippen LogP contribution < -0.4 is 29.2 Å². The molecule has 0 radical (unpaired) electrons. The van der Waals surface area contributed by atoms with Gasteiger partial charge in [0.1, 0.15) is 5.69 Å². The van der Waals surface area contributed by atoms with Gasteiger partial charge in [0.15, 0.2) is 17.2 Å². The number of nitrogens with zero attached hydrogens (tertiary/aromatic N) is 2. The minimum absolute atomic E-state index is 0.172. The highest BCUT2D eigenvalue weighted by Gasteiger charge is 2.39. The molecule has 2 aliphatic rings. The number of aryl methyl sites for hydroxylation is 1. The second-order valence-corrected chi connectivity index (χ2v) is 11.1. The summed E-state index contributed by atoms with van der Waals surface area (Å²) in [4.78, 5) is 50.2. The number of aromatic nitrogens is 2. The van der Waals surface area contributed by atoms with E-state index >= 15 is 0 Å². The molecule has 4 aromatic rings. The van der Waals surface area contributed by atoms with E-state index < -0.39 is 12.1 Å². The third-order valence-corrected chi connectivity index (χ3v) is 8.77. The molecule has 1 saturated heterocycles. The number of halogens is 1. The Morgan fingerprint density at radius 3 is 2.31 bits per heavy atom. The van der Waals surface area contributed by atoms with Crippen LogP contribution in [0.2, 0.25) is 0 Å². The molecule has 14 heteroatoms.